The fourth-order valence-electron chi connectivity index (χ4n) is 1.90. The second-order valence-electron chi connectivity index (χ2n) is 4.37. The van der Waals surface area contributed by atoms with Crippen LogP contribution in [0.3, 0.4) is 0 Å². The molecule has 1 N–H and O–H groups in total. The maximum Gasteiger partial charge on any atom is 0.123 e. The molecule has 0 bridgehead atoms. The first-order chi connectivity index (χ1) is 9.72. The van der Waals surface area contributed by atoms with Crippen molar-refractivity contribution in [2.24, 2.45) is 0 Å². The third kappa shape index (κ3) is 4.15. The molecule has 106 valence electrons. The minimum atomic E-state index is 0.448. The number of benzene rings is 2. The smallest absolute Gasteiger partial charge is 0.123 e. The Morgan fingerprint density at radius 2 is 1.90 bits per heavy atom. The van der Waals surface area contributed by atoms with Crippen LogP contribution in [0.25, 0.3) is 0 Å². The highest BCUT2D eigenvalue weighted by Gasteiger charge is 2.04. The Kier molecular flexibility index (Phi) is 5.74. The highest BCUT2D eigenvalue weighted by Crippen LogP contribution is 2.25. The van der Waals surface area contributed by atoms with Gasteiger partial charge in [-0.25, -0.2) is 0 Å². The van der Waals surface area contributed by atoms with E-state index in [1.165, 1.54) is 5.56 Å². The van der Waals surface area contributed by atoms with E-state index in [1.54, 1.807) is 0 Å². The van der Waals surface area contributed by atoms with Gasteiger partial charge in [0.15, 0.2) is 0 Å². The minimum Gasteiger partial charge on any atom is -0.494 e. The van der Waals surface area contributed by atoms with Gasteiger partial charge >= 0.3 is 0 Å². The van der Waals surface area contributed by atoms with Gasteiger partial charge in [-0.3, -0.25) is 0 Å². The lowest BCUT2D eigenvalue weighted by molar-refractivity contribution is 0.337. The molecular weight excluding hydrogens is 338 g/mol. The van der Waals surface area contributed by atoms with Crippen LogP contribution in [-0.4, -0.2) is 6.61 Å². The quantitative estimate of drug-likeness (QED) is 0.720. The molecule has 0 aliphatic carbocycles. The van der Waals surface area contributed by atoms with E-state index < -0.39 is 0 Å². The number of anilines is 1. The summed E-state index contributed by atoms with van der Waals surface area (Å²) in [6.45, 7) is 3.40. The Bertz CT molecular complexity index is 557. The van der Waals surface area contributed by atoms with Crippen molar-refractivity contribution in [3.63, 3.8) is 0 Å². The zero-order valence-electron chi connectivity index (χ0n) is 11.3. The molecule has 0 unspecified atom stereocenters. The third-order valence-electron chi connectivity index (χ3n) is 2.91. The second-order valence-corrected chi connectivity index (χ2v) is 5.55. The van der Waals surface area contributed by atoms with Gasteiger partial charge in [-0.15, -0.1) is 11.6 Å². The van der Waals surface area contributed by atoms with Crippen molar-refractivity contribution in [3.8, 4) is 5.75 Å². The fraction of sp³-hybridized carbons (Fsp3) is 0.250. The zero-order chi connectivity index (χ0) is 14.4. The lowest BCUT2D eigenvalue weighted by atomic mass is 10.2. The van der Waals surface area contributed by atoms with Crippen molar-refractivity contribution in [2.75, 3.05) is 11.9 Å². The normalized spacial score (nSPS) is 10.3. The molecule has 0 aliphatic heterocycles. The van der Waals surface area contributed by atoms with Crippen molar-refractivity contribution in [1.82, 2.24) is 0 Å². The van der Waals surface area contributed by atoms with Crippen LogP contribution < -0.4 is 10.1 Å². The number of nitrogens with one attached hydrogen (secondary N) is 1. The van der Waals surface area contributed by atoms with Gasteiger partial charge in [0.05, 0.1) is 12.5 Å². The van der Waals surface area contributed by atoms with E-state index in [-0.39, 0.29) is 0 Å². The standard InChI is InChI=1S/C16H17BrClNO/c1-2-20-16-8-7-15(9-13(16)10-18)19-11-12-3-5-14(17)6-4-12/h3-9,19H,2,10-11H2,1H3. The molecule has 2 nitrogen and oxygen atoms in total. The Hall–Kier alpha value is -1.19. The molecule has 0 heterocycles. The first kappa shape index (κ1) is 15.2. The average molecular weight is 355 g/mol. The van der Waals surface area contributed by atoms with Gasteiger partial charge in [-0.1, -0.05) is 28.1 Å². The SMILES string of the molecule is CCOc1ccc(NCc2ccc(Br)cc2)cc1CCl. The molecule has 0 fully saturated rings. The van der Waals surface area contributed by atoms with Crippen molar-refractivity contribution in [1.29, 1.82) is 0 Å². The van der Waals surface area contributed by atoms with Gasteiger partial charge < -0.3 is 10.1 Å². The number of ether oxygens (including phenoxy) is 1. The molecule has 2 aromatic rings. The van der Waals surface area contributed by atoms with Gasteiger partial charge in [-0.2, -0.15) is 0 Å². The number of hydrogen-bond acceptors (Lipinski definition) is 2. The topological polar surface area (TPSA) is 21.3 Å². The van der Waals surface area contributed by atoms with Gasteiger partial charge in [0, 0.05) is 22.3 Å². The van der Waals surface area contributed by atoms with E-state index in [9.17, 15) is 0 Å². The van der Waals surface area contributed by atoms with E-state index in [0.29, 0.717) is 12.5 Å². The van der Waals surface area contributed by atoms with E-state index in [1.807, 2.05) is 37.3 Å². The van der Waals surface area contributed by atoms with Crippen LogP contribution in [0.4, 0.5) is 5.69 Å². The van der Waals surface area contributed by atoms with E-state index in [0.717, 1.165) is 28.0 Å². The molecule has 0 saturated carbocycles. The summed E-state index contributed by atoms with van der Waals surface area (Å²) in [7, 11) is 0. The fourth-order valence-corrected chi connectivity index (χ4v) is 2.37. The molecule has 0 radical (unpaired) electrons. The first-order valence-electron chi connectivity index (χ1n) is 6.53. The summed E-state index contributed by atoms with van der Waals surface area (Å²) in [5.74, 6) is 1.31. The predicted molar refractivity (Wildman–Crippen MR) is 88.6 cm³/mol. The molecule has 2 rings (SSSR count). The lowest BCUT2D eigenvalue weighted by Crippen LogP contribution is -2.01. The van der Waals surface area contributed by atoms with Crippen molar-refractivity contribution >= 4 is 33.2 Å². The highest BCUT2D eigenvalue weighted by atomic mass is 79.9. The summed E-state index contributed by atoms with van der Waals surface area (Å²) >= 11 is 9.40. The third-order valence-corrected chi connectivity index (χ3v) is 3.73. The number of halogens is 2. The van der Waals surface area contributed by atoms with E-state index in [4.69, 9.17) is 16.3 Å². The Labute approximate surface area is 133 Å². The lowest BCUT2D eigenvalue weighted by Gasteiger charge is -2.12. The number of hydrogen-bond donors (Lipinski definition) is 1. The van der Waals surface area contributed by atoms with Crippen LogP contribution in [0.15, 0.2) is 46.9 Å². The van der Waals surface area contributed by atoms with Crippen LogP contribution in [0.1, 0.15) is 18.1 Å². The number of alkyl halides is 1. The van der Waals surface area contributed by atoms with Crippen LogP contribution in [0, 0.1) is 0 Å². The monoisotopic (exact) mass is 353 g/mol. The van der Waals surface area contributed by atoms with Gasteiger partial charge in [0.25, 0.3) is 0 Å². The van der Waals surface area contributed by atoms with Gasteiger partial charge in [0.1, 0.15) is 5.75 Å². The Morgan fingerprint density at radius 3 is 2.55 bits per heavy atom. The van der Waals surface area contributed by atoms with Crippen LogP contribution in [-0.2, 0) is 12.4 Å². The zero-order valence-corrected chi connectivity index (χ0v) is 13.7. The summed E-state index contributed by atoms with van der Waals surface area (Å²) in [6, 6.07) is 14.3. The first-order valence-corrected chi connectivity index (χ1v) is 7.85. The molecule has 0 atom stereocenters. The van der Waals surface area contributed by atoms with Gasteiger partial charge in [-0.05, 0) is 42.8 Å². The molecule has 4 heteroatoms. The molecule has 0 aromatic heterocycles. The van der Waals surface area contributed by atoms with Crippen molar-refractivity contribution in [2.45, 2.75) is 19.3 Å². The summed E-state index contributed by atoms with van der Waals surface area (Å²) in [6.07, 6.45) is 0. The van der Waals surface area contributed by atoms with E-state index >= 15 is 0 Å². The predicted octanol–water partition coefficient (Wildman–Crippen LogP) is 5.20. The summed E-state index contributed by atoms with van der Waals surface area (Å²) in [5, 5.41) is 3.39. The summed E-state index contributed by atoms with van der Waals surface area (Å²) < 4.78 is 6.63. The average Bonchev–Trinajstić information content (AvgIpc) is 2.48. The van der Waals surface area contributed by atoms with Crippen molar-refractivity contribution in [3.05, 3.63) is 58.1 Å². The van der Waals surface area contributed by atoms with Crippen LogP contribution >= 0.6 is 27.5 Å². The minimum absolute atomic E-state index is 0.448. The van der Waals surface area contributed by atoms with Crippen LogP contribution in [0.2, 0.25) is 0 Å². The van der Waals surface area contributed by atoms with Crippen LogP contribution in [0.5, 0.6) is 5.75 Å². The summed E-state index contributed by atoms with van der Waals surface area (Å²) in [4.78, 5) is 0. The molecule has 0 spiro atoms. The second kappa shape index (κ2) is 7.55. The molecule has 20 heavy (non-hydrogen) atoms. The maximum atomic E-state index is 5.96. The molecule has 0 amide bonds. The molecule has 0 aliphatic rings. The number of rotatable bonds is 6. The summed E-state index contributed by atoms with van der Waals surface area (Å²) in [5.41, 5.74) is 3.29. The molecule has 0 saturated heterocycles. The van der Waals surface area contributed by atoms with Crippen molar-refractivity contribution < 1.29 is 4.74 Å². The highest BCUT2D eigenvalue weighted by molar-refractivity contribution is 9.10. The Balaban J connectivity index is 2.04. The van der Waals surface area contributed by atoms with Gasteiger partial charge in [0.2, 0.25) is 0 Å². The largest absolute Gasteiger partial charge is 0.494 e. The molecular formula is C16H17BrClNO. The van der Waals surface area contributed by atoms with E-state index in [2.05, 4.69) is 33.4 Å². The maximum absolute atomic E-state index is 5.96. The Morgan fingerprint density at radius 1 is 1.15 bits per heavy atom. The molecule has 2 aromatic carbocycles.